The summed E-state index contributed by atoms with van der Waals surface area (Å²) in [5.41, 5.74) is 13.5. The third kappa shape index (κ3) is 4.78. The first kappa shape index (κ1) is 31.9. The summed E-state index contributed by atoms with van der Waals surface area (Å²) in [4.78, 5) is 10.5. The molecule has 0 amide bonds. The van der Waals surface area contributed by atoms with Crippen molar-refractivity contribution in [1.29, 1.82) is 5.26 Å². The zero-order valence-electron chi connectivity index (χ0n) is 30.1. The van der Waals surface area contributed by atoms with E-state index < -0.39 is 5.41 Å². The van der Waals surface area contributed by atoms with E-state index >= 15 is 0 Å². The van der Waals surface area contributed by atoms with Crippen molar-refractivity contribution in [2.45, 2.75) is 5.41 Å². The van der Waals surface area contributed by atoms with Crippen LogP contribution >= 0.6 is 0 Å². The highest BCUT2D eigenvalue weighted by atomic mass is 16.5. The quantitative estimate of drug-likeness (QED) is 0.182. The van der Waals surface area contributed by atoms with Crippen LogP contribution in [0.3, 0.4) is 0 Å². The molecule has 1 spiro atoms. The number of hydrogen-bond donors (Lipinski definition) is 0. The summed E-state index contributed by atoms with van der Waals surface area (Å²) in [7, 11) is 0. The summed E-state index contributed by atoms with van der Waals surface area (Å²) in [6, 6.07) is 67.7. The highest BCUT2D eigenvalue weighted by Gasteiger charge is 2.51. The molecule has 11 rings (SSSR count). The van der Waals surface area contributed by atoms with E-state index in [-0.39, 0.29) is 0 Å². The summed E-state index contributed by atoms with van der Waals surface area (Å²) < 4.78 is 6.87. The normalized spacial score (nSPS) is 12.9. The molecule has 1 aliphatic carbocycles. The Balaban J connectivity index is 1.18. The molecule has 2 aliphatic rings. The van der Waals surface area contributed by atoms with Gasteiger partial charge in [0.2, 0.25) is 0 Å². The lowest BCUT2D eigenvalue weighted by Crippen LogP contribution is -2.32. The monoisotopic (exact) mass is 713 g/mol. The van der Waals surface area contributed by atoms with E-state index in [2.05, 4.69) is 158 Å². The molecular formula is C52H31N3O. The number of fused-ring (bicyclic) bond motifs is 10. The molecule has 0 bridgehead atoms. The van der Waals surface area contributed by atoms with Crippen molar-refractivity contribution >= 4 is 10.8 Å². The van der Waals surface area contributed by atoms with Crippen LogP contribution in [-0.4, -0.2) is 9.97 Å². The van der Waals surface area contributed by atoms with Crippen molar-refractivity contribution in [3.05, 3.63) is 216 Å². The van der Waals surface area contributed by atoms with Crippen LogP contribution in [0, 0.1) is 11.3 Å². The van der Waals surface area contributed by atoms with Crippen LogP contribution in [0.4, 0.5) is 0 Å². The van der Waals surface area contributed by atoms with E-state index in [0.29, 0.717) is 11.4 Å². The first-order valence-electron chi connectivity index (χ1n) is 18.8. The molecule has 56 heavy (non-hydrogen) atoms. The second-order valence-corrected chi connectivity index (χ2v) is 14.4. The summed E-state index contributed by atoms with van der Waals surface area (Å²) >= 11 is 0. The number of hydrogen-bond acceptors (Lipinski definition) is 4. The van der Waals surface area contributed by atoms with Gasteiger partial charge < -0.3 is 4.74 Å². The largest absolute Gasteiger partial charge is 0.457 e. The van der Waals surface area contributed by atoms with Gasteiger partial charge in [-0.25, -0.2) is 9.97 Å². The summed E-state index contributed by atoms with van der Waals surface area (Å²) in [5.74, 6) is 2.28. The third-order valence-electron chi connectivity index (χ3n) is 11.4. The predicted molar refractivity (Wildman–Crippen MR) is 223 cm³/mol. The highest BCUT2D eigenvalue weighted by Crippen LogP contribution is 2.62. The van der Waals surface area contributed by atoms with Gasteiger partial charge in [-0.2, -0.15) is 5.26 Å². The van der Waals surface area contributed by atoms with Crippen molar-refractivity contribution in [3.63, 3.8) is 0 Å². The lowest BCUT2D eigenvalue weighted by molar-refractivity contribution is 0.436. The van der Waals surface area contributed by atoms with Crippen LogP contribution in [-0.2, 0) is 5.41 Å². The van der Waals surface area contributed by atoms with Crippen molar-refractivity contribution in [1.82, 2.24) is 9.97 Å². The van der Waals surface area contributed by atoms with Crippen LogP contribution in [0.15, 0.2) is 188 Å². The fraction of sp³-hybridized carbons (Fsp3) is 0.0192. The molecular weight excluding hydrogens is 683 g/mol. The molecule has 9 aromatic rings. The van der Waals surface area contributed by atoms with Crippen molar-refractivity contribution < 1.29 is 4.74 Å². The fourth-order valence-corrected chi connectivity index (χ4v) is 8.91. The smallest absolute Gasteiger partial charge is 0.160 e. The summed E-state index contributed by atoms with van der Waals surface area (Å²) in [6.45, 7) is 0. The Bertz CT molecular complexity index is 3040. The van der Waals surface area contributed by atoms with E-state index in [4.69, 9.17) is 14.7 Å². The average molecular weight is 714 g/mol. The number of rotatable bonds is 4. The van der Waals surface area contributed by atoms with Gasteiger partial charge in [-0.1, -0.05) is 140 Å². The fourth-order valence-electron chi connectivity index (χ4n) is 8.91. The maximum absolute atomic E-state index is 9.75. The Morgan fingerprint density at radius 3 is 1.77 bits per heavy atom. The van der Waals surface area contributed by atoms with Gasteiger partial charge >= 0.3 is 0 Å². The van der Waals surface area contributed by atoms with Gasteiger partial charge in [-0.05, 0) is 92.7 Å². The minimum Gasteiger partial charge on any atom is -0.457 e. The lowest BCUT2D eigenvalue weighted by atomic mass is 9.65. The number of nitrogens with zero attached hydrogens (tertiary/aromatic N) is 3. The maximum atomic E-state index is 9.75. The second kappa shape index (κ2) is 12.5. The minimum absolute atomic E-state index is 0.625. The molecule has 0 saturated carbocycles. The van der Waals surface area contributed by atoms with Crippen LogP contribution < -0.4 is 4.74 Å². The zero-order valence-corrected chi connectivity index (χ0v) is 30.1. The second-order valence-electron chi connectivity index (χ2n) is 14.4. The molecule has 0 radical (unpaired) electrons. The standard InChI is InChI=1S/C52H31N3O/c53-32-33-12-10-17-36(28-33)37-24-26-49-45(29-37)52(43-22-8-6-19-40(43)41-20-7-9-23-44(41)52)46-30-38(25-27-50(46)56-49)47-31-48(55-51(54-47)35-14-2-1-3-15-35)42-21-11-16-34-13-4-5-18-39(34)42/h1-31H. The van der Waals surface area contributed by atoms with Gasteiger partial charge in [0, 0.05) is 27.8 Å². The number of nitriles is 1. The van der Waals surface area contributed by atoms with E-state index in [1.165, 1.54) is 22.3 Å². The topological polar surface area (TPSA) is 58.8 Å². The van der Waals surface area contributed by atoms with Gasteiger partial charge in [0.25, 0.3) is 0 Å². The summed E-state index contributed by atoms with van der Waals surface area (Å²) in [5, 5.41) is 12.1. The predicted octanol–water partition coefficient (Wildman–Crippen LogP) is 12.6. The molecule has 1 aliphatic heterocycles. The molecule has 8 aromatic carbocycles. The number of aromatic nitrogens is 2. The van der Waals surface area contributed by atoms with Crippen LogP contribution in [0.1, 0.15) is 27.8 Å². The van der Waals surface area contributed by atoms with E-state index in [0.717, 1.165) is 72.6 Å². The molecule has 0 N–H and O–H groups in total. The Kier molecular flexibility index (Phi) is 7.10. The molecule has 0 fully saturated rings. The van der Waals surface area contributed by atoms with Crippen molar-refractivity contribution in [3.8, 4) is 73.7 Å². The van der Waals surface area contributed by atoms with Gasteiger partial charge in [-0.3, -0.25) is 0 Å². The minimum atomic E-state index is -0.692. The Hall–Kier alpha value is -7.61. The first-order chi connectivity index (χ1) is 27.7. The van der Waals surface area contributed by atoms with Gasteiger partial charge in [0.05, 0.1) is 28.4 Å². The van der Waals surface area contributed by atoms with E-state index in [1.54, 1.807) is 0 Å². The lowest BCUT2D eigenvalue weighted by Gasteiger charge is -2.40. The van der Waals surface area contributed by atoms with Crippen LogP contribution in [0.25, 0.3) is 66.9 Å². The maximum Gasteiger partial charge on any atom is 0.160 e. The molecule has 2 heterocycles. The SMILES string of the molecule is N#Cc1cccc(-c2ccc3c(c2)C2(c4cc(-c5cc(-c6cccc7ccccc67)nc(-c6ccccc6)n5)ccc4O3)c3ccccc3-c3ccccc32)c1. The zero-order chi connectivity index (χ0) is 37.2. The number of benzene rings is 8. The van der Waals surface area contributed by atoms with Crippen LogP contribution in [0.5, 0.6) is 11.5 Å². The molecule has 0 unspecified atom stereocenters. The number of ether oxygens (including phenoxy) is 1. The Labute approximate surface area is 324 Å². The molecule has 4 nitrogen and oxygen atoms in total. The van der Waals surface area contributed by atoms with Crippen molar-refractivity contribution in [2.24, 2.45) is 0 Å². The molecule has 0 atom stereocenters. The molecule has 4 heteroatoms. The van der Waals surface area contributed by atoms with Crippen molar-refractivity contribution in [2.75, 3.05) is 0 Å². The summed E-state index contributed by atoms with van der Waals surface area (Å²) in [6.07, 6.45) is 0. The van der Waals surface area contributed by atoms with Gasteiger partial charge in [0.15, 0.2) is 5.82 Å². The Morgan fingerprint density at radius 1 is 0.429 bits per heavy atom. The average Bonchev–Trinajstić information content (AvgIpc) is 3.57. The first-order valence-corrected chi connectivity index (χ1v) is 18.8. The highest BCUT2D eigenvalue weighted by molar-refractivity contribution is 5.97. The molecule has 0 saturated heterocycles. The Morgan fingerprint density at radius 2 is 1.00 bits per heavy atom. The van der Waals surface area contributed by atoms with Crippen LogP contribution in [0.2, 0.25) is 0 Å². The third-order valence-corrected chi connectivity index (χ3v) is 11.4. The van der Waals surface area contributed by atoms with E-state index in [9.17, 15) is 5.26 Å². The molecule has 260 valence electrons. The van der Waals surface area contributed by atoms with E-state index in [1.807, 2.05) is 36.4 Å². The molecule has 1 aromatic heterocycles. The van der Waals surface area contributed by atoms with Gasteiger partial charge in [-0.15, -0.1) is 0 Å². The van der Waals surface area contributed by atoms with Gasteiger partial charge in [0.1, 0.15) is 11.5 Å².